The molecule has 0 aliphatic heterocycles. The molecule has 29 heavy (non-hydrogen) atoms. The summed E-state index contributed by atoms with van der Waals surface area (Å²) < 4.78 is 7.47. The quantitative estimate of drug-likeness (QED) is 0.457. The molecule has 0 bridgehead atoms. The highest BCUT2D eigenvalue weighted by Gasteiger charge is 2.13. The average Bonchev–Trinajstić information content (AvgIpc) is 3.05. The lowest BCUT2D eigenvalue weighted by atomic mass is 10.1. The number of halogens is 4. The van der Waals surface area contributed by atoms with Gasteiger partial charge in [0.15, 0.2) is 5.75 Å². The van der Waals surface area contributed by atoms with Crippen molar-refractivity contribution in [3.63, 3.8) is 0 Å². The van der Waals surface area contributed by atoms with Crippen molar-refractivity contribution in [2.45, 2.75) is 26.6 Å². The molecule has 0 unspecified atom stereocenters. The molecule has 5 nitrogen and oxygen atoms in total. The van der Waals surface area contributed by atoms with Crippen LogP contribution in [0.3, 0.4) is 0 Å². The molecule has 1 heterocycles. The van der Waals surface area contributed by atoms with E-state index in [2.05, 4.69) is 10.4 Å². The zero-order valence-corrected chi connectivity index (χ0v) is 18.4. The first kappa shape index (κ1) is 21.8. The van der Waals surface area contributed by atoms with E-state index in [-0.39, 0.29) is 19.1 Å². The topological polar surface area (TPSA) is 56.2 Å². The highest BCUT2D eigenvalue weighted by atomic mass is 35.5. The Balaban J connectivity index is 1.66. The van der Waals surface area contributed by atoms with Crippen molar-refractivity contribution in [3.05, 3.63) is 79.5 Å². The van der Waals surface area contributed by atoms with Gasteiger partial charge in [0.1, 0.15) is 6.61 Å². The Morgan fingerprint density at radius 3 is 2.52 bits per heavy atom. The summed E-state index contributed by atoms with van der Waals surface area (Å²) in [5.41, 5.74) is 2.04. The predicted molar refractivity (Wildman–Crippen MR) is 116 cm³/mol. The van der Waals surface area contributed by atoms with Crippen LogP contribution in [-0.4, -0.2) is 15.7 Å². The molecular weight excluding hydrogens is 456 g/mol. The van der Waals surface area contributed by atoms with Crippen molar-refractivity contribution >= 4 is 52.3 Å². The molecule has 0 spiro atoms. The summed E-state index contributed by atoms with van der Waals surface area (Å²) in [6, 6.07) is 10.2. The maximum absolute atomic E-state index is 12.5. The fourth-order valence-corrected chi connectivity index (χ4v) is 3.86. The van der Waals surface area contributed by atoms with E-state index >= 15 is 0 Å². The molecule has 3 aromatic rings. The first-order chi connectivity index (χ1) is 13.9. The van der Waals surface area contributed by atoms with E-state index in [1.807, 2.05) is 13.0 Å². The van der Waals surface area contributed by atoms with Gasteiger partial charge in [-0.25, -0.2) is 0 Å². The van der Waals surface area contributed by atoms with Gasteiger partial charge in [-0.15, -0.1) is 0 Å². The summed E-state index contributed by atoms with van der Waals surface area (Å²) in [6.07, 6.45) is 1.57. The van der Waals surface area contributed by atoms with Gasteiger partial charge in [-0.2, -0.15) is 5.10 Å². The van der Waals surface area contributed by atoms with Crippen molar-refractivity contribution in [1.29, 1.82) is 0 Å². The van der Waals surface area contributed by atoms with Crippen LogP contribution in [0.5, 0.6) is 5.75 Å². The monoisotopic (exact) mass is 471 g/mol. The SMILES string of the molecule is CCn1ncc(Cl)c1CNC(=O)c1cccc(COc2c(Cl)cc(Cl)cc2Cl)c1. The van der Waals surface area contributed by atoms with Crippen molar-refractivity contribution in [3.8, 4) is 5.75 Å². The number of aromatic nitrogens is 2. The van der Waals surface area contributed by atoms with Crippen LogP contribution >= 0.6 is 46.4 Å². The molecule has 3 rings (SSSR count). The number of amides is 1. The number of rotatable bonds is 7. The van der Waals surface area contributed by atoms with Crippen molar-refractivity contribution in [1.82, 2.24) is 15.1 Å². The first-order valence-electron chi connectivity index (χ1n) is 8.73. The molecule has 0 saturated carbocycles. The Hall–Kier alpha value is -1.92. The number of hydrogen-bond donors (Lipinski definition) is 1. The van der Waals surface area contributed by atoms with Crippen molar-refractivity contribution in [2.75, 3.05) is 0 Å². The lowest BCUT2D eigenvalue weighted by Crippen LogP contribution is -2.24. The minimum atomic E-state index is -0.227. The summed E-state index contributed by atoms with van der Waals surface area (Å²) in [4.78, 5) is 12.5. The second kappa shape index (κ2) is 9.72. The van der Waals surface area contributed by atoms with E-state index in [0.29, 0.717) is 37.9 Å². The third kappa shape index (κ3) is 5.37. The van der Waals surface area contributed by atoms with Crippen LogP contribution in [0.4, 0.5) is 0 Å². The van der Waals surface area contributed by atoms with Gasteiger partial charge in [0.25, 0.3) is 5.91 Å². The molecule has 0 aliphatic rings. The normalized spacial score (nSPS) is 10.8. The van der Waals surface area contributed by atoms with Gasteiger partial charge in [0.05, 0.1) is 33.5 Å². The van der Waals surface area contributed by atoms with E-state index in [1.54, 1.807) is 41.2 Å². The molecule has 0 radical (unpaired) electrons. The molecule has 1 aromatic heterocycles. The molecule has 1 amide bonds. The van der Waals surface area contributed by atoms with Gasteiger partial charge in [-0.05, 0) is 36.8 Å². The number of nitrogens with one attached hydrogen (secondary N) is 1. The predicted octanol–water partition coefficient (Wildman–Crippen LogP) is 6.03. The molecule has 0 aliphatic carbocycles. The Bertz CT molecular complexity index is 1010. The zero-order valence-electron chi connectivity index (χ0n) is 15.4. The van der Waals surface area contributed by atoms with Crippen LogP contribution in [0.25, 0.3) is 0 Å². The summed E-state index contributed by atoms with van der Waals surface area (Å²) in [5.74, 6) is 0.115. The molecule has 152 valence electrons. The lowest BCUT2D eigenvalue weighted by molar-refractivity contribution is 0.0949. The third-order valence-corrected chi connectivity index (χ3v) is 5.24. The number of carbonyl (C=O) groups excluding carboxylic acids is 1. The highest BCUT2D eigenvalue weighted by molar-refractivity contribution is 6.40. The van der Waals surface area contributed by atoms with Crippen LogP contribution in [0.15, 0.2) is 42.6 Å². The van der Waals surface area contributed by atoms with Crippen LogP contribution in [0.1, 0.15) is 28.5 Å². The Morgan fingerprint density at radius 2 is 1.83 bits per heavy atom. The van der Waals surface area contributed by atoms with E-state index in [0.717, 1.165) is 11.3 Å². The maximum atomic E-state index is 12.5. The second-order valence-electron chi connectivity index (χ2n) is 6.13. The first-order valence-corrected chi connectivity index (χ1v) is 10.2. The van der Waals surface area contributed by atoms with Gasteiger partial charge < -0.3 is 10.1 Å². The number of carbonyl (C=O) groups is 1. The zero-order chi connectivity index (χ0) is 21.0. The molecule has 2 aromatic carbocycles. The van der Waals surface area contributed by atoms with Crippen LogP contribution in [0.2, 0.25) is 20.1 Å². The van der Waals surface area contributed by atoms with E-state index in [1.165, 1.54) is 0 Å². The summed E-state index contributed by atoms with van der Waals surface area (Å²) in [7, 11) is 0. The summed E-state index contributed by atoms with van der Waals surface area (Å²) in [6.45, 7) is 3.09. The standard InChI is InChI=1S/C20H17Cl4N3O2/c1-2-27-18(17(24)9-26-27)10-25-20(28)13-5-3-4-12(6-13)11-29-19-15(22)7-14(21)8-16(19)23/h3-9H,2,10-11H2,1H3,(H,25,28). The van der Waals surface area contributed by atoms with Gasteiger partial charge >= 0.3 is 0 Å². The number of aryl methyl sites for hydroxylation is 1. The number of ether oxygens (including phenoxy) is 1. The van der Waals surface area contributed by atoms with Gasteiger partial charge in [-0.1, -0.05) is 58.5 Å². The Morgan fingerprint density at radius 1 is 1.10 bits per heavy atom. The lowest BCUT2D eigenvalue weighted by Gasteiger charge is -2.12. The molecule has 1 N–H and O–H groups in total. The number of benzene rings is 2. The second-order valence-corrected chi connectivity index (χ2v) is 7.78. The highest BCUT2D eigenvalue weighted by Crippen LogP contribution is 2.36. The van der Waals surface area contributed by atoms with Gasteiger partial charge in [0, 0.05) is 17.1 Å². The Kier molecular flexibility index (Phi) is 7.30. The van der Waals surface area contributed by atoms with Gasteiger partial charge in [-0.3, -0.25) is 9.48 Å². The smallest absolute Gasteiger partial charge is 0.251 e. The molecule has 0 atom stereocenters. The van der Waals surface area contributed by atoms with Gasteiger partial charge in [0.2, 0.25) is 0 Å². The van der Waals surface area contributed by atoms with Crippen molar-refractivity contribution < 1.29 is 9.53 Å². The van der Waals surface area contributed by atoms with E-state index < -0.39 is 0 Å². The number of hydrogen-bond acceptors (Lipinski definition) is 3. The molecule has 9 heteroatoms. The van der Waals surface area contributed by atoms with E-state index in [9.17, 15) is 4.79 Å². The fourth-order valence-electron chi connectivity index (χ4n) is 2.73. The van der Waals surface area contributed by atoms with Crippen molar-refractivity contribution in [2.24, 2.45) is 0 Å². The summed E-state index contributed by atoms with van der Waals surface area (Å²) in [5, 5.41) is 8.61. The fraction of sp³-hybridized carbons (Fsp3) is 0.200. The largest absolute Gasteiger partial charge is 0.486 e. The van der Waals surface area contributed by atoms with E-state index in [4.69, 9.17) is 51.1 Å². The minimum Gasteiger partial charge on any atom is -0.486 e. The van der Waals surface area contributed by atoms with Crippen LogP contribution in [0, 0.1) is 0 Å². The van der Waals surface area contributed by atoms with Crippen LogP contribution in [-0.2, 0) is 19.7 Å². The molecular formula is C20H17Cl4N3O2. The number of nitrogens with zero attached hydrogens (tertiary/aromatic N) is 2. The minimum absolute atomic E-state index is 0.191. The Labute approximate surface area is 188 Å². The summed E-state index contributed by atoms with van der Waals surface area (Å²) >= 11 is 24.3. The average molecular weight is 473 g/mol. The molecule has 0 saturated heterocycles. The maximum Gasteiger partial charge on any atom is 0.251 e. The van der Waals surface area contributed by atoms with Crippen LogP contribution < -0.4 is 10.1 Å². The third-order valence-electron chi connectivity index (χ3n) is 4.15. The molecule has 0 fully saturated rings.